The molecule has 0 radical (unpaired) electrons. The summed E-state index contributed by atoms with van der Waals surface area (Å²) in [4.78, 5) is 25.1. The van der Waals surface area contributed by atoms with Gasteiger partial charge in [-0.1, -0.05) is 12.1 Å². The Balaban J connectivity index is 1.79. The fraction of sp³-hybridized carbons (Fsp3) is 0.188. The van der Waals surface area contributed by atoms with Crippen molar-refractivity contribution in [3.63, 3.8) is 0 Å². The molecular weight excluding hydrogens is 296 g/mol. The van der Waals surface area contributed by atoms with E-state index in [9.17, 15) is 9.59 Å². The fourth-order valence-corrected chi connectivity index (χ4v) is 1.74. The van der Waals surface area contributed by atoms with Gasteiger partial charge in [-0.25, -0.2) is 5.43 Å². The summed E-state index contributed by atoms with van der Waals surface area (Å²) >= 11 is 0. The minimum Gasteiger partial charge on any atom is -0.467 e. The summed E-state index contributed by atoms with van der Waals surface area (Å²) in [5.74, 6) is -1.05. The van der Waals surface area contributed by atoms with Crippen LogP contribution >= 0.6 is 0 Å². The molecule has 1 aromatic heterocycles. The lowest BCUT2D eigenvalue weighted by Gasteiger charge is -2.11. The molecule has 2 rings (SSSR count). The maximum atomic E-state index is 11.6. The van der Waals surface area contributed by atoms with Crippen molar-refractivity contribution in [1.29, 1.82) is 0 Å². The highest BCUT2D eigenvalue weighted by molar-refractivity contribution is 6.35. The molecular formula is C16H18N4O3. The highest BCUT2D eigenvalue weighted by Crippen LogP contribution is 2.10. The number of hydrogen-bond acceptors (Lipinski definition) is 5. The summed E-state index contributed by atoms with van der Waals surface area (Å²) in [7, 11) is 3.90. The summed E-state index contributed by atoms with van der Waals surface area (Å²) in [6.07, 6.45) is 2.96. The standard InChI is InChI=1S/C16H18N4O3/c1-20(2)13-7-5-12(6-8-13)10-18-19-16(22)15(21)17-11-14-4-3-9-23-14/h3-10H,11H2,1-2H3,(H,17,21)(H,19,22)/b18-10+. The highest BCUT2D eigenvalue weighted by Gasteiger charge is 2.12. The second-order valence-corrected chi connectivity index (χ2v) is 4.95. The zero-order valence-corrected chi connectivity index (χ0v) is 12.9. The van der Waals surface area contributed by atoms with E-state index in [0.717, 1.165) is 11.3 Å². The van der Waals surface area contributed by atoms with Crippen LogP contribution < -0.4 is 15.6 Å². The van der Waals surface area contributed by atoms with Crippen molar-refractivity contribution >= 4 is 23.7 Å². The number of rotatable bonds is 5. The van der Waals surface area contributed by atoms with Crippen LogP contribution in [0.4, 0.5) is 5.69 Å². The monoisotopic (exact) mass is 314 g/mol. The number of nitrogens with zero attached hydrogens (tertiary/aromatic N) is 2. The Hall–Kier alpha value is -3.09. The van der Waals surface area contributed by atoms with Crippen molar-refractivity contribution in [1.82, 2.24) is 10.7 Å². The minimum absolute atomic E-state index is 0.148. The van der Waals surface area contributed by atoms with Crippen molar-refractivity contribution in [3.8, 4) is 0 Å². The largest absolute Gasteiger partial charge is 0.467 e. The number of anilines is 1. The molecule has 0 unspecified atom stereocenters. The number of hydrogen-bond donors (Lipinski definition) is 2. The summed E-state index contributed by atoms with van der Waals surface area (Å²) < 4.78 is 5.05. The van der Waals surface area contributed by atoms with Crippen LogP contribution in [0.15, 0.2) is 52.2 Å². The zero-order valence-electron chi connectivity index (χ0n) is 12.9. The molecule has 0 saturated carbocycles. The molecule has 2 aromatic rings. The molecule has 7 heteroatoms. The first kappa shape index (κ1) is 16.3. The number of nitrogens with one attached hydrogen (secondary N) is 2. The number of furan rings is 1. The quantitative estimate of drug-likeness (QED) is 0.492. The van der Waals surface area contributed by atoms with E-state index in [-0.39, 0.29) is 6.54 Å². The molecule has 0 atom stereocenters. The van der Waals surface area contributed by atoms with Gasteiger partial charge in [0.2, 0.25) is 0 Å². The fourth-order valence-electron chi connectivity index (χ4n) is 1.74. The van der Waals surface area contributed by atoms with E-state index in [1.807, 2.05) is 43.3 Å². The van der Waals surface area contributed by atoms with Gasteiger partial charge in [0.1, 0.15) is 5.76 Å². The SMILES string of the molecule is CN(C)c1ccc(/C=N/NC(=O)C(=O)NCc2ccco2)cc1. The Kier molecular flexibility index (Phi) is 5.51. The Bertz CT molecular complexity index is 676. The van der Waals surface area contributed by atoms with Gasteiger partial charge in [0, 0.05) is 19.8 Å². The van der Waals surface area contributed by atoms with E-state index >= 15 is 0 Å². The van der Waals surface area contributed by atoms with Crippen LogP contribution in [0.3, 0.4) is 0 Å². The molecule has 0 bridgehead atoms. The van der Waals surface area contributed by atoms with Crippen LogP contribution in [0, 0.1) is 0 Å². The van der Waals surface area contributed by atoms with Gasteiger partial charge < -0.3 is 14.6 Å². The minimum atomic E-state index is -0.835. The molecule has 2 N–H and O–H groups in total. The summed E-state index contributed by atoms with van der Waals surface area (Å²) in [6.45, 7) is 0.148. The van der Waals surface area contributed by atoms with Crippen molar-refractivity contribution < 1.29 is 14.0 Å². The van der Waals surface area contributed by atoms with Gasteiger partial charge in [-0.2, -0.15) is 5.10 Å². The first-order valence-corrected chi connectivity index (χ1v) is 6.97. The molecule has 120 valence electrons. The van der Waals surface area contributed by atoms with Gasteiger partial charge in [-0.3, -0.25) is 9.59 Å². The van der Waals surface area contributed by atoms with Crippen LogP contribution in [0.25, 0.3) is 0 Å². The number of carbonyl (C=O) groups is 2. The average molecular weight is 314 g/mol. The molecule has 0 aliphatic carbocycles. The zero-order chi connectivity index (χ0) is 16.7. The van der Waals surface area contributed by atoms with Gasteiger partial charge in [-0.15, -0.1) is 0 Å². The van der Waals surface area contributed by atoms with E-state index in [0.29, 0.717) is 5.76 Å². The summed E-state index contributed by atoms with van der Waals surface area (Å²) in [5, 5.41) is 6.19. The van der Waals surface area contributed by atoms with E-state index in [4.69, 9.17) is 4.42 Å². The maximum Gasteiger partial charge on any atom is 0.329 e. The third-order valence-corrected chi connectivity index (χ3v) is 3.00. The van der Waals surface area contributed by atoms with Gasteiger partial charge in [-0.05, 0) is 29.8 Å². The normalized spacial score (nSPS) is 10.5. The molecule has 0 fully saturated rings. The lowest BCUT2D eigenvalue weighted by Crippen LogP contribution is -2.37. The number of hydrazone groups is 1. The first-order chi connectivity index (χ1) is 11.1. The van der Waals surface area contributed by atoms with E-state index in [1.165, 1.54) is 12.5 Å². The molecule has 0 spiro atoms. The average Bonchev–Trinajstić information content (AvgIpc) is 3.06. The third kappa shape index (κ3) is 4.99. The second kappa shape index (κ2) is 7.79. The summed E-state index contributed by atoms with van der Waals surface area (Å²) in [5.41, 5.74) is 4.05. The Morgan fingerprint density at radius 1 is 1.17 bits per heavy atom. The van der Waals surface area contributed by atoms with Gasteiger partial charge in [0.05, 0.1) is 19.0 Å². The molecule has 0 aliphatic rings. The van der Waals surface area contributed by atoms with Crippen LogP contribution in [0.2, 0.25) is 0 Å². The Labute approximate surface area is 134 Å². The third-order valence-electron chi connectivity index (χ3n) is 3.00. The Morgan fingerprint density at radius 2 is 1.91 bits per heavy atom. The van der Waals surface area contributed by atoms with Crippen molar-refractivity contribution in [2.24, 2.45) is 5.10 Å². The molecule has 7 nitrogen and oxygen atoms in total. The van der Waals surface area contributed by atoms with Gasteiger partial charge in [0.25, 0.3) is 0 Å². The molecule has 0 aliphatic heterocycles. The molecule has 0 saturated heterocycles. The van der Waals surface area contributed by atoms with Crippen molar-refractivity contribution in [2.75, 3.05) is 19.0 Å². The topological polar surface area (TPSA) is 86.9 Å². The smallest absolute Gasteiger partial charge is 0.329 e. The molecule has 1 heterocycles. The van der Waals surface area contributed by atoms with Crippen LogP contribution in [-0.2, 0) is 16.1 Å². The lowest BCUT2D eigenvalue weighted by atomic mass is 10.2. The number of benzene rings is 1. The lowest BCUT2D eigenvalue weighted by molar-refractivity contribution is -0.139. The van der Waals surface area contributed by atoms with Gasteiger partial charge >= 0.3 is 11.8 Å². The van der Waals surface area contributed by atoms with E-state index in [1.54, 1.807) is 12.1 Å². The number of amides is 2. The van der Waals surface area contributed by atoms with Crippen molar-refractivity contribution in [3.05, 3.63) is 54.0 Å². The van der Waals surface area contributed by atoms with E-state index in [2.05, 4.69) is 15.8 Å². The second-order valence-electron chi connectivity index (χ2n) is 4.95. The van der Waals surface area contributed by atoms with Gasteiger partial charge in [0.15, 0.2) is 0 Å². The van der Waals surface area contributed by atoms with Crippen molar-refractivity contribution in [2.45, 2.75) is 6.54 Å². The van der Waals surface area contributed by atoms with Crippen LogP contribution in [0.5, 0.6) is 0 Å². The highest BCUT2D eigenvalue weighted by atomic mass is 16.3. The molecule has 23 heavy (non-hydrogen) atoms. The molecule has 2 amide bonds. The first-order valence-electron chi connectivity index (χ1n) is 6.97. The molecule has 1 aromatic carbocycles. The Morgan fingerprint density at radius 3 is 2.52 bits per heavy atom. The number of carbonyl (C=O) groups excluding carboxylic acids is 2. The predicted molar refractivity (Wildman–Crippen MR) is 87.1 cm³/mol. The summed E-state index contributed by atoms with van der Waals surface area (Å²) in [6, 6.07) is 11.0. The predicted octanol–water partition coefficient (Wildman–Crippen LogP) is 1.11. The van der Waals surface area contributed by atoms with Crippen LogP contribution in [0.1, 0.15) is 11.3 Å². The maximum absolute atomic E-state index is 11.6. The van der Waals surface area contributed by atoms with Crippen LogP contribution in [-0.4, -0.2) is 32.1 Å². The van der Waals surface area contributed by atoms with E-state index < -0.39 is 11.8 Å².